The summed E-state index contributed by atoms with van der Waals surface area (Å²) in [6.45, 7) is 0. The maximum atomic E-state index is 10.1. The molecule has 0 aromatic carbocycles. The van der Waals surface area contributed by atoms with Gasteiger partial charge < -0.3 is 4.74 Å². The summed E-state index contributed by atoms with van der Waals surface area (Å²) in [5.74, 6) is 0. The summed E-state index contributed by atoms with van der Waals surface area (Å²) in [5, 5.41) is 0. The van der Waals surface area contributed by atoms with Gasteiger partial charge in [-0.15, -0.1) is 0 Å². The Labute approximate surface area is 51.7 Å². The Hall–Kier alpha value is -0.480. The molecule has 0 radical (unpaired) electrons. The SMILES string of the molecule is COC(=O)NOCCl. The van der Waals surface area contributed by atoms with Gasteiger partial charge in [-0.25, -0.2) is 4.79 Å². The van der Waals surface area contributed by atoms with Crippen LogP contribution in [0.5, 0.6) is 0 Å². The first-order valence-corrected chi connectivity index (χ1v) is 2.36. The van der Waals surface area contributed by atoms with Crippen LogP contribution in [0.25, 0.3) is 0 Å². The van der Waals surface area contributed by atoms with Gasteiger partial charge in [0.05, 0.1) is 7.11 Å². The van der Waals surface area contributed by atoms with Crippen molar-refractivity contribution >= 4 is 17.7 Å². The molecule has 0 unspecified atom stereocenters. The summed E-state index contributed by atoms with van der Waals surface area (Å²) in [4.78, 5) is 14.3. The van der Waals surface area contributed by atoms with Crippen molar-refractivity contribution in [1.82, 2.24) is 5.48 Å². The highest BCUT2D eigenvalue weighted by atomic mass is 35.5. The number of ether oxygens (including phenoxy) is 1. The van der Waals surface area contributed by atoms with E-state index in [0.717, 1.165) is 0 Å². The van der Waals surface area contributed by atoms with E-state index in [9.17, 15) is 4.79 Å². The molecule has 0 aromatic rings. The zero-order valence-electron chi connectivity index (χ0n) is 4.31. The lowest BCUT2D eigenvalue weighted by Crippen LogP contribution is -2.22. The van der Waals surface area contributed by atoms with E-state index in [1.54, 1.807) is 0 Å². The maximum absolute atomic E-state index is 10.1. The Bertz CT molecular complexity index is 76.9. The van der Waals surface area contributed by atoms with E-state index < -0.39 is 6.09 Å². The van der Waals surface area contributed by atoms with Crippen molar-refractivity contribution in [1.29, 1.82) is 0 Å². The van der Waals surface area contributed by atoms with E-state index in [1.807, 2.05) is 5.48 Å². The van der Waals surface area contributed by atoms with E-state index in [4.69, 9.17) is 11.6 Å². The number of amides is 1. The van der Waals surface area contributed by atoms with Crippen molar-refractivity contribution in [3.8, 4) is 0 Å². The van der Waals surface area contributed by atoms with Crippen LogP contribution in [0.3, 0.4) is 0 Å². The number of hydrogen-bond acceptors (Lipinski definition) is 3. The third-order valence-electron chi connectivity index (χ3n) is 0.395. The Morgan fingerprint density at radius 3 is 2.88 bits per heavy atom. The molecule has 0 aliphatic heterocycles. The Kier molecular flexibility index (Phi) is 4.39. The van der Waals surface area contributed by atoms with Crippen molar-refractivity contribution in [2.75, 3.05) is 13.2 Å². The molecule has 1 amide bonds. The number of nitrogens with one attached hydrogen (secondary N) is 1. The van der Waals surface area contributed by atoms with E-state index in [-0.39, 0.29) is 6.07 Å². The number of alkyl halides is 1. The van der Waals surface area contributed by atoms with Gasteiger partial charge in [0.1, 0.15) is 6.07 Å². The first kappa shape index (κ1) is 7.52. The molecule has 5 heteroatoms. The van der Waals surface area contributed by atoms with Crippen LogP contribution >= 0.6 is 11.6 Å². The number of rotatable bonds is 2. The summed E-state index contributed by atoms with van der Waals surface area (Å²) in [7, 11) is 1.23. The number of methoxy groups -OCH3 is 1. The van der Waals surface area contributed by atoms with Crippen LogP contribution in [0.4, 0.5) is 4.79 Å². The molecule has 0 aliphatic carbocycles. The predicted octanol–water partition coefficient (Wildman–Crippen LogP) is 0.470. The summed E-state index contributed by atoms with van der Waals surface area (Å²) >= 11 is 5.01. The molecule has 0 saturated carbocycles. The van der Waals surface area contributed by atoms with Crippen molar-refractivity contribution in [3.63, 3.8) is 0 Å². The molecule has 0 spiro atoms. The van der Waals surface area contributed by atoms with Crippen molar-refractivity contribution in [2.45, 2.75) is 0 Å². The molecule has 0 aromatic heterocycles. The fourth-order valence-electron chi connectivity index (χ4n) is 0.128. The fraction of sp³-hybridized carbons (Fsp3) is 0.667. The maximum Gasteiger partial charge on any atom is 0.431 e. The van der Waals surface area contributed by atoms with E-state index in [2.05, 4.69) is 9.57 Å². The lowest BCUT2D eigenvalue weighted by molar-refractivity contribution is 0.0597. The van der Waals surface area contributed by atoms with Gasteiger partial charge >= 0.3 is 6.09 Å². The lowest BCUT2D eigenvalue weighted by atomic mass is 11.2. The fourth-order valence-corrected chi connectivity index (χ4v) is 0.182. The van der Waals surface area contributed by atoms with Crippen LogP contribution in [0.15, 0.2) is 0 Å². The van der Waals surface area contributed by atoms with Crippen LogP contribution in [0, 0.1) is 0 Å². The smallest absolute Gasteiger partial charge is 0.431 e. The largest absolute Gasteiger partial charge is 0.451 e. The van der Waals surface area contributed by atoms with E-state index in [0.29, 0.717) is 0 Å². The van der Waals surface area contributed by atoms with Gasteiger partial charge in [-0.1, -0.05) is 11.6 Å². The summed E-state index contributed by atoms with van der Waals surface area (Å²) in [5.41, 5.74) is 1.89. The zero-order chi connectivity index (χ0) is 6.41. The number of halogens is 1. The summed E-state index contributed by atoms with van der Waals surface area (Å²) in [6, 6.07) is -0.0882. The van der Waals surface area contributed by atoms with Crippen LogP contribution in [0.2, 0.25) is 0 Å². The van der Waals surface area contributed by atoms with Crippen LogP contribution in [-0.2, 0) is 9.57 Å². The Balaban J connectivity index is 2.99. The molecule has 0 aliphatic rings. The Morgan fingerprint density at radius 2 is 2.50 bits per heavy atom. The predicted molar refractivity (Wildman–Crippen MR) is 27.3 cm³/mol. The third kappa shape index (κ3) is 3.70. The lowest BCUT2D eigenvalue weighted by Gasteiger charge is -1.97. The summed E-state index contributed by atoms with van der Waals surface area (Å²) < 4.78 is 4.12. The first-order valence-electron chi connectivity index (χ1n) is 1.83. The summed E-state index contributed by atoms with van der Waals surface area (Å²) in [6.07, 6.45) is -0.661. The molecular formula is C3H6ClNO3. The van der Waals surface area contributed by atoms with Gasteiger partial charge in [0.25, 0.3) is 0 Å². The number of hydroxylamine groups is 1. The number of carbonyl (C=O) groups excluding carboxylic acids is 1. The highest BCUT2D eigenvalue weighted by molar-refractivity contribution is 6.17. The molecule has 0 heterocycles. The molecule has 1 N–H and O–H groups in total. The van der Waals surface area contributed by atoms with E-state index >= 15 is 0 Å². The van der Waals surface area contributed by atoms with Gasteiger partial charge in [-0.3, -0.25) is 4.84 Å². The highest BCUT2D eigenvalue weighted by Gasteiger charge is 1.93. The molecule has 4 nitrogen and oxygen atoms in total. The van der Waals surface area contributed by atoms with Crippen molar-refractivity contribution < 1.29 is 14.4 Å². The molecule has 8 heavy (non-hydrogen) atoms. The third-order valence-corrected chi connectivity index (χ3v) is 0.505. The second kappa shape index (κ2) is 4.67. The van der Waals surface area contributed by atoms with Gasteiger partial charge in [0.15, 0.2) is 0 Å². The molecular weight excluding hydrogens is 133 g/mol. The quantitative estimate of drug-likeness (QED) is 0.447. The van der Waals surface area contributed by atoms with Crippen LogP contribution < -0.4 is 5.48 Å². The minimum Gasteiger partial charge on any atom is -0.451 e. The molecule has 0 bridgehead atoms. The van der Waals surface area contributed by atoms with Gasteiger partial charge in [-0.05, 0) is 0 Å². The van der Waals surface area contributed by atoms with Crippen molar-refractivity contribution in [3.05, 3.63) is 0 Å². The number of hydrogen-bond donors (Lipinski definition) is 1. The highest BCUT2D eigenvalue weighted by Crippen LogP contribution is 1.74. The second-order valence-corrected chi connectivity index (χ2v) is 1.07. The average Bonchev–Trinajstić information content (AvgIpc) is 1.83. The minimum atomic E-state index is -0.661. The van der Waals surface area contributed by atoms with Crippen molar-refractivity contribution in [2.24, 2.45) is 0 Å². The molecule has 48 valence electrons. The van der Waals surface area contributed by atoms with Gasteiger partial charge in [0.2, 0.25) is 0 Å². The minimum absolute atomic E-state index is 0.0882. The number of carbonyl (C=O) groups is 1. The van der Waals surface area contributed by atoms with Gasteiger partial charge in [-0.2, -0.15) is 5.48 Å². The van der Waals surface area contributed by atoms with Crippen LogP contribution in [0.1, 0.15) is 0 Å². The molecule has 0 atom stereocenters. The first-order chi connectivity index (χ1) is 3.81. The topological polar surface area (TPSA) is 47.6 Å². The van der Waals surface area contributed by atoms with Crippen LogP contribution in [-0.4, -0.2) is 19.3 Å². The molecule has 0 rings (SSSR count). The Morgan fingerprint density at radius 1 is 1.88 bits per heavy atom. The second-order valence-electron chi connectivity index (χ2n) is 0.847. The van der Waals surface area contributed by atoms with Gasteiger partial charge in [0, 0.05) is 0 Å². The monoisotopic (exact) mass is 139 g/mol. The standard InChI is InChI=1S/C3H6ClNO3/c1-7-3(6)5-8-2-4/h2H2,1H3,(H,5,6). The van der Waals surface area contributed by atoms with E-state index in [1.165, 1.54) is 7.11 Å². The zero-order valence-corrected chi connectivity index (χ0v) is 5.07. The molecule has 0 saturated heterocycles. The molecule has 0 fully saturated rings. The average molecular weight is 140 g/mol. The normalized spacial score (nSPS) is 8.25.